The lowest BCUT2D eigenvalue weighted by molar-refractivity contribution is 0.200. The lowest BCUT2D eigenvalue weighted by Crippen LogP contribution is -2.22. The maximum Gasteiger partial charge on any atom is 0.140 e. The lowest BCUT2D eigenvalue weighted by Gasteiger charge is -2.10. The van der Waals surface area contributed by atoms with Crippen LogP contribution in [0, 0.1) is 11.6 Å². The predicted octanol–water partition coefficient (Wildman–Crippen LogP) is 3.59. The summed E-state index contributed by atoms with van der Waals surface area (Å²) in [5.74, 6) is -0.323. The van der Waals surface area contributed by atoms with Gasteiger partial charge in [-0.2, -0.15) is 0 Å². The normalized spacial score (nSPS) is 11.3. The molecule has 1 aromatic rings. The topological polar surface area (TPSA) is 21.3 Å². The van der Waals surface area contributed by atoms with Gasteiger partial charge in [0.05, 0.1) is 4.90 Å². The van der Waals surface area contributed by atoms with Crippen molar-refractivity contribution in [3.05, 3.63) is 29.3 Å². The van der Waals surface area contributed by atoms with E-state index in [0.717, 1.165) is 6.42 Å². The van der Waals surface area contributed by atoms with Gasteiger partial charge in [0.15, 0.2) is 0 Å². The van der Waals surface area contributed by atoms with Gasteiger partial charge in [-0.1, -0.05) is 13.8 Å². The predicted molar refractivity (Wildman–Crippen MR) is 75.6 cm³/mol. The molecule has 0 unspecified atom stereocenters. The molecular formula is C14H21F2NOS. The molecule has 0 aliphatic heterocycles. The fourth-order valence-corrected chi connectivity index (χ4v) is 2.41. The summed E-state index contributed by atoms with van der Waals surface area (Å²) in [7, 11) is 1.61. The van der Waals surface area contributed by atoms with Gasteiger partial charge in [0.1, 0.15) is 11.6 Å². The first-order valence-electron chi connectivity index (χ1n) is 6.37. The van der Waals surface area contributed by atoms with E-state index < -0.39 is 11.6 Å². The maximum absolute atomic E-state index is 13.8. The van der Waals surface area contributed by atoms with Gasteiger partial charge in [-0.3, -0.25) is 0 Å². The lowest BCUT2D eigenvalue weighted by atomic mass is 10.2. The molecule has 0 atom stereocenters. The highest BCUT2D eigenvalue weighted by molar-refractivity contribution is 7.99. The van der Waals surface area contributed by atoms with Crippen LogP contribution >= 0.6 is 11.8 Å². The van der Waals surface area contributed by atoms with E-state index in [1.165, 1.54) is 23.9 Å². The second kappa shape index (κ2) is 8.51. The Balaban J connectivity index is 2.63. The molecule has 0 bridgehead atoms. The highest BCUT2D eigenvalue weighted by Crippen LogP contribution is 2.27. The van der Waals surface area contributed by atoms with Gasteiger partial charge in [-0.15, -0.1) is 11.8 Å². The molecule has 0 heterocycles. The number of rotatable bonds is 8. The van der Waals surface area contributed by atoms with E-state index in [4.69, 9.17) is 4.74 Å². The van der Waals surface area contributed by atoms with E-state index >= 15 is 0 Å². The fraction of sp³-hybridized carbons (Fsp3) is 0.571. The standard InChI is InChI=1S/C14H21F2NOS/c1-10(2)17-9-11-7-12(15)14(13(16)8-11)19-6-4-5-18-3/h7-8,10,17H,4-6,9H2,1-3H3. The monoisotopic (exact) mass is 289 g/mol. The third kappa shape index (κ3) is 5.89. The van der Waals surface area contributed by atoms with Gasteiger partial charge in [0.2, 0.25) is 0 Å². The molecule has 1 aromatic carbocycles. The first-order valence-corrected chi connectivity index (χ1v) is 7.36. The van der Waals surface area contributed by atoms with Crippen LogP contribution in [0.25, 0.3) is 0 Å². The summed E-state index contributed by atoms with van der Waals surface area (Å²) in [4.78, 5) is 0.101. The number of thioether (sulfide) groups is 1. The van der Waals surface area contributed by atoms with Crippen LogP contribution in [0.3, 0.4) is 0 Å². The molecule has 1 N–H and O–H groups in total. The zero-order chi connectivity index (χ0) is 14.3. The Labute approximate surface area is 117 Å². The Hall–Kier alpha value is -0.650. The molecule has 5 heteroatoms. The van der Waals surface area contributed by atoms with Crippen molar-refractivity contribution in [1.29, 1.82) is 0 Å². The molecule has 0 aliphatic carbocycles. The van der Waals surface area contributed by atoms with Crippen LogP contribution in [-0.4, -0.2) is 25.5 Å². The molecule has 0 aromatic heterocycles. The summed E-state index contributed by atoms with van der Waals surface area (Å²) < 4.78 is 32.6. The number of benzene rings is 1. The number of hydrogen-bond acceptors (Lipinski definition) is 3. The van der Waals surface area contributed by atoms with Gasteiger partial charge in [-0.05, 0) is 24.1 Å². The smallest absolute Gasteiger partial charge is 0.140 e. The quantitative estimate of drug-likeness (QED) is 0.584. The van der Waals surface area contributed by atoms with Crippen LogP contribution < -0.4 is 5.32 Å². The first-order chi connectivity index (χ1) is 9.04. The summed E-state index contributed by atoms with van der Waals surface area (Å²) in [5.41, 5.74) is 0.630. The summed E-state index contributed by atoms with van der Waals surface area (Å²) in [6.07, 6.45) is 0.775. The van der Waals surface area contributed by atoms with Crippen molar-refractivity contribution in [2.45, 2.75) is 37.8 Å². The van der Waals surface area contributed by atoms with Crippen LogP contribution in [0.2, 0.25) is 0 Å². The zero-order valence-corrected chi connectivity index (χ0v) is 12.4. The zero-order valence-electron chi connectivity index (χ0n) is 11.6. The fourth-order valence-electron chi connectivity index (χ4n) is 1.55. The highest BCUT2D eigenvalue weighted by Gasteiger charge is 2.11. The average molecular weight is 289 g/mol. The number of nitrogens with one attached hydrogen (secondary N) is 1. The van der Waals surface area contributed by atoms with Gasteiger partial charge in [0, 0.05) is 32.1 Å². The van der Waals surface area contributed by atoms with Gasteiger partial charge in [0.25, 0.3) is 0 Å². The van der Waals surface area contributed by atoms with Crippen LogP contribution in [-0.2, 0) is 11.3 Å². The summed E-state index contributed by atoms with van der Waals surface area (Å²) in [6, 6.07) is 3.09. The molecule has 0 saturated carbocycles. The minimum Gasteiger partial charge on any atom is -0.385 e. The first kappa shape index (κ1) is 16.4. The molecular weight excluding hydrogens is 268 g/mol. The Morgan fingerprint density at radius 2 is 1.89 bits per heavy atom. The van der Waals surface area contributed by atoms with Gasteiger partial charge >= 0.3 is 0 Å². The Morgan fingerprint density at radius 1 is 1.26 bits per heavy atom. The number of ether oxygens (including phenoxy) is 1. The van der Waals surface area contributed by atoms with E-state index in [-0.39, 0.29) is 10.9 Å². The Bertz CT molecular complexity index is 376. The third-order valence-corrected chi connectivity index (χ3v) is 3.68. The molecule has 0 aliphatic rings. The molecule has 0 spiro atoms. The molecule has 0 amide bonds. The van der Waals surface area contributed by atoms with Crippen molar-refractivity contribution in [2.24, 2.45) is 0 Å². The van der Waals surface area contributed by atoms with Crippen molar-refractivity contribution in [2.75, 3.05) is 19.5 Å². The van der Waals surface area contributed by atoms with Crippen molar-refractivity contribution >= 4 is 11.8 Å². The van der Waals surface area contributed by atoms with Crippen LogP contribution in [0.1, 0.15) is 25.8 Å². The van der Waals surface area contributed by atoms with E-state index in [0.29, 0.717) is 24.5 Å². The Kier molecular flexibility index (Phi) is 7.34. The summed E-state index contributed by atoms with van der Waals surface area (Å²) >= 11 is 1.20. The van der Waals surface area contributed by atoms with Crippen molar-refractivity contribution in [3.63, 3.8) is 0 Å². The van der Waals surface area contributed by atoms with E-state index in [1.807, 2.05) is 13.8 Å². The van der Waals surface area contributed by atoms with Crippen LogP contribution in [0.15, 0.2) is 17.0 Å². The largest absolute Gasteiger partial charge is 0.385 e. The van der Waals surface area contributed by atoms with Crippen LogP contribution in [0.5, 0.6) is 0 Å². The molecule has 1 rings (SSSR count). The highest BCUT2D eigenvalue weighted by atomic mass is 32.2. The summed E-state index contributed by atoms with van der Waals surface area (Å²) in [6.45, 7) is 5.06. The number of halogens is 2. The molecule has 0 radical (unpaired) electrons. The molecule has 2 nitrogen and oxygen atoms in total. The second-order valence-corrected chi connectivity index (χ2v) is 5.72. The third-order valence-electron chi connectivity index (χ3n) is 2.51. The van der Waals surface area contributed by atoms with E-state index in [9.17, 15) is 8.78 Å². The van der Waals surface area contributed by atoms with E-state index in [1.54, 1.807) is 7.11 Å². The number of methoxy groups -OCH3 is 1. The molecule has 108 valence electrons. The minimum absolute atomic E-state index is 0.101. The molecule has 0 fully saturated rings. The number of hydrogen-bond donors (Lipinski definition) is 1. The summed E-state index contributed by atoms with van der Waals surface area (Å²) in [5, 5.41) is 3.14. The Morgan fingerprint density at radius 3 is 2.42 bits per heavy atom. The van der Waals surface area contributed by atoms with Crippen molar-refractivity contribution in [1.82, 2.24) is 5.32 Å². The molecule has 19 heavy (non-hydrogen) atoms. The second-order valence-electron chi connectivity index (χ2n) is 4.62. The van der Waals surface area contributed by atoms with Gasteiger partial charge < -0.3 is 10.1 Å². The average Bonchev–Trinajstić information content (AvgIpc) is 2.34. The maximum atomic E-state index is 13.8. The van der Waals surface area contributed by atoms with Crippen LogP contribution in [0.4, 0.5) is 8.78 Å². The van der Waals surface area contributed by atoms with Gasteiger partial charge in [-0.25, -0.2) is 8.78 Å². The molecule has 0 saturated heterocycles. The SMILES string of the molecule is COCCCSc1c(F)cc(CNC(C)C)cc1F. The van der Waals surface area contributed by atoms with Crippen molar-refractivity contribution in [3.8, 4) is 0 Å². The van der Waals surface area contributed by atoms with E-state index in [2.05, 4.69) is 5.32 Å². The minimum atomic E-state index is -0.483. The van der Waals surface area contributed by atoms with Crippen molar-refractivity contribution < 1.29 is 13.5 Å².